The smallest absolute Gasteiger partial charge is 0.378 e. The normalized spacial score (nSPS) is 35.5. The van der Waals surface area contributed by atoms with Crippen LogP contribution < -0.4 is 0 Å². The summed E-state index contributed by atoms with van der Waals surface area (Å²) in [7, 11) is 0. The summed E-state index contributed by atoms with van der Waals surface area (Å²) < 4.78 is 20.4. The molecule has 0 bridgehead atoms. The molecule has 28 heavy (non-hydrogen) atoms. The highest BCUT2D eigenvalue weighted by Crippen LogP contribution is 2.31. The number of aliphatic hydroxyl groups excluding tert-OH is 8. The monoisotopic (exact) mass is 412 g/mol. The second-order valence-electron chi connectivity index (χ2n) is 6.23. The lowest BCUT2D eigenvalue weighted by molar-refractivity contribution is -0.291. The summed E-state index contributed by atoms with van der Waals surface area (Å²) in [6.45, 7) is -2.75. The average Bonchev–Trinajstić information content (AvgIpc) is 3.01. The van der Waals surface area contributed by atoms with Crippen molar-refractivity contribution in [2.45, 2.75) is 49.0 Å². The van der Waals surface area contributed by atoms with Crippen LogP contribution in [0.2, 0.25) is 0 Å². The Balaban J connectivity index is 2.27. The summed E-state index contributed by atoms with van der Waals surface area (Å²) in [6, 6.07) is 0. The van der Waals surface area contributed by atoms with E-state index in [0.717, 1.165) is 0 Å². The van der Waals surface area contributed by atoms with E-state index in [9.17, 15) is 35.4 Å². The summed E-state index contributed by atoms with van der Waals surface area (Å²) in [6.07, 6.45) is -12.8. The maximum Gasteiger partial charge on any atom is 0.378 e. The van der Waals surface area contributed by atoms with E-state index in [4.69, 9.17) is 29.2 Å². The second-order valence-corrected chi connectivity index (χ2v) is 6.23. The van der Waals surface area contributed by atoms with Gasteiger partial charge in [0, 0.05) is 0 Å². The van der Waals surface area contributed by atoms with Crippen molar-refractivity contribution in [3.05, 3.63) is 11.5 Å². The van der Waals surface area contributed by atoms with Gasteiger partial charge in [-0.25, -0.2) is 4.79 Å². The van der Waals surface area contributed by atoms with Gasteiger partial charge in [0.1, 0.15) is 43.2 Å². The summed E-state index contributed by atoms with van der Waals surface area (Å²) in [5.74, 6) is -2.30. The number of hydrogen-bond donors (Lipinski definition) is 8. The number of carbonyl (C=O) groups excluding carboxylic acids is 1. The van der Waals surface area contributed by atoms with Crippen molar-refractivity contribution in [2.75, 3.05) is 26.4 Å². The van der Waals surface area contributed by atoms with Crippen LogP contribution in [0.5, 0.6) is 0 Å². The third-order valence-electron chi connectivity index (χ3n) is 4.16. The maximum atomic E-state index is 12.1. The van der Waals surface area contributed by atoms with E-state index in [-0.39, 0.29) is 0 Å². The minimum Gasteiger partial charge on any atom is -0.487 e. The molecule has 2 aliphatic rings. The topological polar surface area (TPSA) is 216 Å². The number of rotatable bonds is 9. The Bertz CT molecular complexity index is 564. The molecule has 2 aliphatic heterocycles. The molecule has 162 valence electrons. The lowest BCUT2D eigenvalue weighted by Crippen LogP contribution is -2.59. The van der Waals surface area contributed by atoms with Gasteiger partial charge >= 0.3 is 5.97 Å². The largest absolute Gasteiger partial charge is 0.487 e. The van der Waals surface area contributed by atoms with Gasteiger partial charge in [-0.05, 0) is 0 Å². The molecule has 2 rings (SSSR count). The van der Waals surface area contributed by atoms with E-state index in [1.165, 1.54) is 0 Å². The molecule has 0 radical (unpaired) electrons. The zero-order chi connectivity index (χ0) is 21.0. The van der Waals surface area contributed by atoms with Gasteiger partial charge in [0.15, 0.2) is 11.9 Å². The Morgan fingerprint density at radius 2 is 1.68 bits per heavy atom. The summed E-state index contributed by atoms with van der Waals surface area (Å²) in [5.41, 5.74) is 0. The Hall–Kier alpha value is -1.55. The standard InChI is InChI=1S/C15H24O13/c16-1-5(19)4-25-12-11(6(20)2-17)27-14(24)13(12)28-15-10(23)9(22)8(21)7(3-18)26-15/h5-11,15-23H,1-4H2/t5?,6-,7+,8+,9-,10+,11-,15-/m1/s1. The second kappa shape index (κ2) is 9.78. The molecule has 1 fully saturated rings. The molecule has 0 spiro atoms. The van der Waals surface area contributed by atoms with Crippen LogP contribution in [0, 0.1) is 0 Å². The van der Waals surface area contributed by atoms with Crippen LogP contribution >= 0.6 is 0 Å². The van der Waals surface area contributed by atoms with Crippen LogP contribution in [-0.2, 0) is 23.7 Å². The molecule has 13 heteroatoms. The van der Waals surface area contributed by atoms with Gasteiger partial charge in [0.2, 0.25) is 12.0 Å². The predicted molar refractivity (Wildman–Crippen MR) is 83.9 cm³/mol. The quantitative estimate of drug-likeness (QED) is 0.166. The van der Waals surface area contributed by atoms with Crippen LogP contribution in [0.3, 0.4) is 0 Å². The van der Waals surface area contributed by atoms with E-state index in [0.29, 0.717) is 0 Å². The molecular weight excluding hydrogens is 388 g/mol. The summed E-state index contributed by atoms with van der Waals surface area (Å²) in [5, 5.41) is 75.9. The van der Waals surface area contributed by atoms with E-state index in [1.807, 2.05) is 0 Å². The number of ether oxygens (including phenoxy) is 4. The zero-order valence-electron chi connectivity index (χ0n) is 14.6. The molecule has 1 unspecified atom stereocenters. The first-order valence-electron chi connectivity index (χ1n) is 8.38. The van der Waals surface area contributed by atoms with Gasteiger partial charge in [0.25, 0.3) is 0 Å². The third kappa shape index (κ3) is 4.71. The molecular formula is C15H24O13. The molecule has 8 N–H and O–H groups in total. The summed E-state index contributed by atoms with van der Waals surface area (Å²) in [4.78, 5) is 12.1. The van der Waals surface area contributed by atoms with Crippen LogP contribution in [0.15, 0.2) is 11.5 Å². The minimum absolute atomic E-state index is 0.448. The van der Waals surface area contributed by atoms with Gasteiger partial charge in [0.05, 0.1) is 19.8 Å². The highest BCUT2D eigenvalue weighted by Gasteiger charge is 2.48. The van der Waals surface area contributed by atoms with Crippen molar-refractivity contribution in [3.8, 4) is 0 Å². The van der Waals surface area contributed by atoms with Crippen molar-refractivity contribution in [1.82, 2.24) is 0 Å². The number of esters is 1. The van der Waals surface area contributed by atoms with Crippen molar-refractivity contribution in [2.24, 2.45) is 0 Å². The number of aliphatic hydroxyl groups is 8. The first-order chi connectivity index (χ1) is 13.2. The fourth-order valence-corrected chi connectivity index (χ4v) is 2.57. The first-order valence-corrected chi connectivity index (χ1v) is 8.38. The predicted octanol–water partition coefficient (Wildman–Crippen LogP) is -5.34. The van der Waals surface area contributed by atoms with Crippen LogP contribution in [0.25, 0.3) is 0 Å². The van der Waals surface area contributed by atoms with Crippen molar-refractivity contribution < 1.29 is 64.6 Å². The minimum atomic E-state index is -1.83. The highest BCUT2D eigenvalue weighted by molar-refractivity contribution is 5.89. The fraction of sp³-hybridized carbons (Fsp3) is 0.800. The zero-order valence-corrected chi connectivity index (χ0v) is 14.6. The van der Waals surface area contributed by atoms with E-state index in [1.54, 1.807) is 0 Å². The first kappa shape index (κ1) is 22.7. The Labute approximate surface area is 158 Å². The molecule has 1 saturated heterocycles. The average molecular weight is 412 g/mol. The molecule has 13 nitrogen and oxygen atoms in total. The molecule has 0 amide bonds. The SMILES string of the molecule is O=C1O[C@H]([C@H](O)CO)C(OCC(O)CO)=C1O[C@H]1O[C@@H](CO)[C@H](O)[C@@H](O)[C@@H]1O. The molecule has 0 aliphatic carbocycles. The fourth-order valence-electron chi connectivity index (χ4n) is 2.57. The van der Waals surface area contributed by atoms with Crippen LogP contribution in [-0.4, -0.2) is 122 Å². The Kier molecular flexibility index (Phi) is 7.94. The van der Waals surface area contributed by atoms with E-state index >= 15 is 0 Å². The summed E-state index contributed by atoms with van der Waals surface area (Å²) >= 11 is 0. The van der Waals surface area contributed by atoms with Crippen LogP contribution in [0.4, 0.5) is 0 Å². The Morgan fingerprint density at radius 3 is 2.25 bits per heavy atom. The molecule has 2 heterocycles. The highest BCUT2D eigenvalue weighted by atomic mass is 16.7. The van der Waals surface area contributed by atoms with Crippen molar-refractivity contribution in [1.29, 1.82) is 0 Å². The number of cyclic esters (lactones) is 1. The number of carbonyl (C=O) groups is 1. The maximum absolute atomic E-state index is 12.1. The van der Waals surface area contributed by atoms with Gasteiger partial charge in [-0.1, -0.05) is 0 Å². The van der Waals surface area contributed by atoms with Crippen LogP contribution in [0.1, 0.15) is 0 Å². The molecule has 0 aromatic rings. The third-order valence-corrected chi connectivity index (χ3v) is 4.16. The molecule has 0 saturated carbocycles. The number of hydrogen-bond acceptors (Lipinski definition) is 13. The van der Waals surface area contributed by atoms with Gasteiger partial charge in [-0.3, -0.25) is 0 Å². The molecule has 8 atom stereocenters. The van der Waals surface area contributed by atoms with Crippen molar-refractivity contribution >= 4 is 5.97 Å². The van der Waals surface area contributed by atoms with Gasteiger partial charge in [-0.15, -0.1) is 0 Å². The van der Waals surface area contributed by atoms with Gasteiger partial charge in [-0.2, -0.15) is 0 Å². The van der Waals surface area contributed by atoms with E-state index < -0.39 is 92.9 Å². The van der Waals surface area contributed by atoms with Gasteiger partial charge < -0.3 is 59.8 Å². The lowest BCUT2D eigenvalue weighted by Gasteiger charge is -2.39. The lowest BCUT2D eigenvalue weighted by atomic mass is 9.99. The Morgan fingerprint density at radius 1 is 1.00 bits per heavy atom. The van der Waals surface area contributed by atoms with E-state index in [2.05, 4.69) is 0 Å². The molecule has 0 aromatic carbocycles. The van der Waals surface area contributed by atoms with Crippen molar-refractivity contribution in [3.63, 3.8) is 0 Å². The molecule has 0 aromatic heterocycles.